The average molecular weight is 191 g/mol. The van der Waals surface area contributed by atoms with E-state index in [2.05, 4.69) is 6.92 Å². The number of hydrogen-bond acceptors (Lipinski definition) is 2. The number of nitrogens with two attached hydrogens (primary N) is 1. The second-order valence-corrected chi connectivity index (χ2v) is 4.36. The van der Waals surface area contributed by atoms with Crippen molar-refractivity contribution in [3.63, 3.8) is 0 Å². The van der Waals surface area contributed by atoms with Crippen molar-refractivity contribution in [3.8, 4) is 0 Å². The molecule has 1 aromatic rings. The number of hydrogen-bond donors (Lipinski definition) is 2. The molecule has 1 aliphatic carbocycles. The molecule has 0 unspecified atom stereocenters. The molecule has 0 bridgehead atoms. The van der Waals surface area contributed by atoms with Crippen LogP contribution in [0.2, 0.25) is 0 Å². The zero-order valence-electron chi connectivity index (χ0n) is 8.48. The van der Waals surface area contributed by atoms with Crippen molar-refractivity contribution in [1.29, 1.82) is 0 Å². The molecule has 1 saturated carbocycles. The van der Waals surface area contributed by atoms with E-state index in [-0.39, 0.29) is 5.41 Å². The van der Waals surface area contributed by atoms with Crippen molar-refractivity contribution in [2.24, 2.45) is 17.1 Å². The molecule has 1 aromatic carbocycles. The van der Waals surface area contributed by atoms with Gasteiger partial charge in [0, 0.05) is 12.0 Å². The Kier molecular flexibility index (Phi) is 2.33. The van der Waals surface area contributed by atoms with Crippen LogP contribution >= 0.6 is 0 Å². The van der Waals surface area contributed by atoms with Crippen LogP contribution in [0.4, 0.5) is 0 Å². The van der Waals surface area contributed by atoms with E-state index >= 15 is 0 Å². The minimum Gasteiger partial charge on any atom is -0.388 e. The van der Waals surface area contributed by atoms with Gasteiger partial charge in [0.1, 0.15) is 0 Å². The van der Waals surface area contributed by atoms with Crippen LogP contribution in [0, 0.1) is 11.3 Å². The molecule has 14 heavy (non-hydrogen) atoms. The first-order valence-electron chi connectivity index (χ1n) is 5.14. The van der Waals surface area contributed by atoms with Gasteiger partial charge < -0.3 is 10.8 Å². The van der Waals surface area contributed by atoms with Crippen molar-refractivity contribution in [2.75, 3.05) is 6.54 Å². The van der Waals surface area contributed by atoms with Crippen LogP contribution in [-0.2, 0) is 0 Å². The quantitative estimate of drug-likeness (QED) is 0.764. The van der Waals surface area contributed by atoms with E-state index < -0.39 is 6.10 Å². The predicted octanol–water partition coefficient (Wildman–Crippen LogP) is 1.70. The molecular weight excluding hydrogens is 174 g/mol. The molecule has 0 amide bonds. The third-order valence-corrected chi connectivity index (χ3v) is 3.55. The zero-order chi connectivity index (χ0) is 10.2. The van der Waals surface area contributed by atoms with Crippen molar-refractivity contribution >= 4 is 0 Å². The summed E-state index contributed by atoms with van der Waals surface area (Å²) in [5, 5.41) is 10.2. The highest BCUT2D eigenvalue weighted by Crippen LogP contribution is 2.59. The fourth-order valence-electron chi connectivity index (χ4n) is 2.26. The molecule has 3 atom stereocenters. The van der Waals surface area contributed by atoms with E-state index in [1.165, 1.54) is 0 Å². The molecule has 2 rings (SSSR count). The van der Waals surface area contributed by atoms with Gasteiger partial charge in [-0.1, -0.05) is 37.3 Å². The van der Waals surface area contributed by atoms with Crippen LogP contribution in [0.1, 0.15) is 25.0 Å². The van der Waals surface area contributed by atoms with Crippen LogP contribution in [0.3, 0.4) is 0 Å². The fraction of sp³-hybridized carbons (Fsp3) is 0.500. The summed E-state index contributed by atoms with van der Waals surface area (Å²) in [6.07, 6.45) is 0.642. The van der Waals surface area contributed by atoms with Gasteiger partial charge in [-0.15, -0.1) is 0 Å². The van der Waals surface area contributed by atoms with Gasteiger partial charge in [-0.05, 0) is 17.9 Å². The first-order chi connectivity index (χ1) is 6.70. The lowest BCUT2D eigenvalue weighted by Crippen LogP contribution is -2.25. The first kappa shape index (κ1) is 9.69. The fourth-order valence-corrected chi connectivity index (χ4v) is 2.26. The summed E-state index contributed by atoms with van der Waals surface area (Å²) in [6, 6.07) is 9.80. The van der Waals surface area contributed by atoms with Crippen molar-refractivity contribution in [2.45, 2.75) is 19.4 Å². The average Bonchev–Trinajstić information content (AvgIpc) is 2.91. The molecule has 2 nitrogen and oxygen atoms in total. The second kappa shape index (κ2) is 3.37. The summed E-state index contributed by atoms with van der Waals surface area (Å²) in [5.41, 5.74) is 6.67. The monoisotopic (exact) mass is 191 g/mol. The molecule has 2 heteroatoms. The van der Waals surface area contributed by atoms with Gasteiger partial charge in [-0.25, -0.2) is 0 Å². The van der Waals surface area contributed by atoms with E-state index in [0.717, 1.165) is 12.0 Å². The molecule has 0 saturated heterocycles. The van der Waals surface area contributed by atoms with Crippen LogP contribution in [-0.4, -0.2) is 11.7 Å². The van der Waals surface area contributed by atoms with Gasteiger partial charge in [0.15, 0.2) is 0 Å². The van der Waals surface area contributed by atoms with Gasteiger partial charge in [0.2, 0.25) is 0 Å². The number of benzene rings is 1. The molecule has 3 N–H and O–H groups in total. The molecule has 0 aliphatic heterocycles. The van der Waals surface area contributed by atoms with Crippen molar-refractivity contribution in [1.82, 2.24) is 0 Å². The summed E-state index contributed by atoms with van der Waals surface area (Å²) < 4.78 is 0. The lowest BCUT2D eigenvalue weighted by molar-refractivity contribution is 0.0889. The standard InChI is InChI=1S/C12H17NO/c1-9-7-12(9,8-13)11(14)10-5-3-2-4-6-10/h2-6,9,11,14H,7-8,13H2,1H3/t9-,11+,12-/m1/s1. The van der Waals surface area contributed by atoms with Crippen LogP contribution < -0.4 is 5.73 Å². The Morgan fingerprint density at radius 3 is 2.50 bits per heavy atom. The maximum Gasteiger partial charge on any atom is 0.0860 e. The maximum atomic E-state index is 10.2. The molecule has 1 aliphatic rings. The first-order valence-corrected chi connectivity index (χ1v) is 5.14. The smallest absolute Gasteiger partial charge is 0.0860 e. The lowest BCUT2D eigenvalue weighted by atomic mass is 9.91. The Hall–Kier alpha value is -0.860. The van der Waals surface area contributed by atoms with Gasteiger partial charge in [0.25, 0.3) is 0 Å². The Labute approximate surface area is 84.7 Å². The summed E-state index contributed by atoms with van der Waals surface area (Å²) in [4.78, 5) is 0. The van der Waals surface area contributed by atoms with Gasteiger partial charge in [-0.2, -0.15) is 0 Å². The number of aliphatic hydroxyl groups excluding tert-OH is 1. The van der Waals surface area contributed by atoms with E-state index in [0.29, 0.717) is 12.5 Å². The van der Waals surface area contributed by atoms with E-state index in [1.807, 2.05) is 30.3 Å². The predicted molar refractivity (Wildman–Crippen MR) is 56.7 cm³/mol. The Balaban J connectivity index is 2.21. The lowest BCUT2D eigenvalue weighted by Gasteiger charge is -2.22. The highest BCUT2D eigenvalue weighted by molar-refractivity contribution is 5.23. The highest BCUT2D eigenvalue weighted by atomic mass is 16.3. The molecule has 0 heterocycles. The number of aliphatic hydroxyl groups is 1. The summed E-state index contributed by atoms with van der Waals surface area (Å²) >= 11 is 0. The second-order valence-electron chi connectivity index (χ2n) is 4.36. The molecule has 0 radical (unpaired) electrons. The van der Waals surface area contributed by atoms with Gasteiger partial charge in [-0.3, -0.25) is 0 Å². The molecule has 76 valence electrons. The summed E-state index contributed by atoms with van der Waals surface area (Å²) in [6.45, 7) is 2.73. The van der Waals surface area contributed by atoms with Gasteiger partial charge in [0.05, 0.1) is 6.10 Å². The Morgan fingerprint density at radius 2 is 2.07 bits per heavy atom. The van der Waals surface area contributed by atoms with E-state index in [4.69, 9.17) is 5.73 Å². The third-order valence-electron chi connectivity index (χ3n) is 3.55. The van der Waals surface area contributed by atoms with Crippen LogP contribution in [0.5, 0.6) is 0 Å². The number of rotatable bonds is 3. The molecule has 0 spiro atoms. The van der Waals surface area contributed by atoms with Crippen LogP contribution in [0.15, 0.2) is 30.3 Å². The highest BCUT2D eigenvalue weighted by Gasteiger charge is 2.55. The zero-order valence-corrected chi connectivity index (χ0v) is 8.48. The SMILES string of the molecule is C[C@@H]1C[C@]1(CN)[C@@H](O)c1ccccc1. The normalized spacial score (nSPS) is 32.6. The van der Waals surface area contributed by atoms with Crippen LogP contribution in [0.25, 0.3) is 0 Å². The molecular formula is C12H17NO. The maximum absolute atomic E-state index is 10.2. The minimum atomic E-state index is -0.399. The van der Waals surface area contributed by atoms with Crippen molar-refractivity contribution in [3.05, 3.63) is 35.9 Å². The molecule has 0 aromatic heterocycles. The Morgan fingerprint density at radius 1 is 1.50 bits per heavy atom. The van der Waals surface area contributed by atoms with E-state index in [9.17, 15) is 5.11 Å². The third kappa shape index (κ3) is 1.35. The summed E-state index contributed by atoms with van der Waals surface area (Å²) in [5.74, 6) is 0.544. The molecule has 1 fully saturated rings. The minimum absolute atomic E-state index is 0.0542. The topological polar surface area (TPSA) is 46.2 Å². The Bertz CT molecular complexity index is 307. The largest absolute Gasteiger partial charge is 0.388 e. The van der Waals surface area contributed by atoms with E-state index in [1.54, 1.807) is 0 Å². The van der Waals surface area contributed by atoms with Gasteiger partial charge >= 0.3 is 0 Å². The van der Waals surface area contributed by atoms with Crippen molar-refractivity contribution < 1.29 is 5.11 Å². The summed E-state index contributed by atoms with van der Waals surface area (Å²) in [7, 11) is 0.